The molecule has 118 valence electrons. The van der Waals surface area contributed by atoms with E-state index in [9.17, 15) is 4.79 Å². The molecule has 0 spiro atoms. The van der Waals surface area contributed by atoms with Gasteiger partial charge in [0, 0.05) is 17.5 Å². The Morgan fingerprint density at radius 3 is 2.77 bits per heavy atom. The predicted octanol–water partition coefficient (Wildman–Crippen LogP) is 3.78. The van der Waals surface area contributed by atoms with Gasteiger partial charge in [0.25, 0.3) is 0 Å². The number of carbonyl (C=O) groups excluding carboxylic acids is 1. The maximum Gasteiger partial charge on any atom is 0.514 e. The van der Waals surface area contributed by atoms with E-state index in [1.54, 1.807) is 39.2 Å². The lowest BCUT2D eigenvalue weighted by Gasteiger charge is -2.32. The van der Waals surface area contributed by atoms with Gasteiger partial charge in [0.05, 0.1) is 6.26 Å². The molecule has 0 N–H and O–H groups in total. The largest absolute Gasteiger partial charge is 0.514 e. The predicted molar refractivity (Wildman–Crippen MR) is 80.1 cm³/mol. The topological polar surface area (TPSA) is 54.0 Å². The molecule has 2 aliphatic heterocycles. The zero-order chi connectivity index (χ0) is 15.9. The minimum atomic E-state index is -0.724. The second kappa shape index (κ2) is 5.23. The van der Waals surface area contributed by atoms with E-state index in [4.69, 9.17) is 18.9 Å². The van der Waals surface area contributed by atoms with Gasteiger partial charge in [0.15, 0.2) is 6.10 Å². The van der Waals surface area contributed by atoms with Crippen LogP contribution in [-0.2, 0) is 9.47 Å². The average Bonchev–Trinajstić information content (AvgIpc) is 2.84. The molecule has 5 nitrogen and oxygen atoms in total. The first kappa shape index (κ1) is 14.8. The molecule has 2 aliphatic rings. The van der Waals surface area contributed by atoms with Crippen molar-refractivity contribution in [3.05, 3.63) is 36.1 Å². The van der Waals surface area contributed by atoms with Gasteiger partial charge < -0.3 is 18.9 Å². The van der Waals surface area contributed by atoms with Crippen molar-refractivity contribution in [2.45, 2.75) is 51.4 Å². The molecule has 0 bridgehead atoms. The van der Waals surface area contributed by atoms with Crippen LogP contribution in [-0.4, -0.2) is 24.0 Å². The Hall–Kier alpha value is -2.17. The molecule has 3 rings (SSSR count). The van der Waals surface area contributed by atoms with Crippen LogP contribution in [0.25, 0.3) is 0 Å². The maximum atomic E-state index is 11.7. The van der Waals surface area contributed by atoms with Crippen LogP contribution in [0.15, 0.2) is 30.5 Å². The van der Waals surface area contributed by atoms with Crippen molar-refractivity contribution in [1.82, 2.24) is 0 Å². The monoisotopic (exact) mass is 304 g/mol. The molecule has 1 aromatic carbocycles. The van der Waals surface area contributed by atoms with Gasteiger partial charge in [-0.3, -0.25) is 0 Å². The van der Waals surface area contributed by atoms with Gasteiger partial charge in [0.2, 0.25) is 0 Å². The Morgan fingerprint density at radius 1 is 1.27 bits per heavy atom. The molecular formula is C17H20O5. The van der Waals surface area contributed by atoms with E-state index in [-0.39, 0.29) is 18.1 Å². The molecule has 0 unspecified atom stereocenters. The second-order valence-electron chi connectivity index (χ2n) is 6.57. The molecule has 5 heteroatoms. The molecule has 0 fully saturated rings. The van der Waals surface area contributed by atoms with Crippen LogP contribution in [0.3, 0.4) is 0 Å². The van der Waals surface area contributed by atoms with Gasteiger partial charge in [-0.05, 0) is 32.9 Å². The van der Waals surface area contributed by atoms with E-state index < -0.39 is 11.8 Å². The zero-order valence-corrected chi connectivity index (χ0v) is 13.2. The number of ether oxygens (including phenoxy) is 4. The van der Waals surface area contributed by atoms with E-state index in [1.807, 2.05) is 12.1 Å². The Balaban J connectivity index is 1.77. The Labute approximate surface area is 129 Å². The number of carbonyl (C=O) groups is 1. The van der Waals surface area contributed by atoms with E-state index in [1.165, 1.54) is 0 Å². The molecule has 1 aromatic rings. The van der Waals surface area contributed by atoms with Crippen LogP contribution in [0.2, 0.25) is 0 Å². The minimum absolute atomic E-state index is 0.00474. The molecule has 0 aliphatic carbocycles. The van der Waals surface area contributed by atoms with Crippen LogP contribution in [0.1, 0.15) is 39.2 Å². The van der Waals surface area contributed by atoms with Crippen LogP contribution in [0.4, 0.5) is 4.79 Å². The van der Waals surface area contributed by atoms with E-state index in [2.05, 4.69) is 6.92 Å². The van der Waals surface area contributed by atoms with E-state index in [0.29, 0.717) is 11.5 Å². The molecule has 0 saturated carbocycles. The van der Waals surface area contributed by atoms with Crippen molar-refractivity contribution in [3.63, 3.8) is 0 Å². The highest BCUT2D eigenvalue weighted by atomic mass is 16.7. The third-order valence-corrected chi connectivity index (χ3v) is 3.65. The third kappa shape index (κ3) is 2.89. The Kier molecular flexibility index (Phi) is 3.51. The molecule has 0 radical (unpaired) electrons. The molecular weight excluding hydrogens is 284 g/mol. The van der Waals surface area contributed by atoms with Gasteiger partial charge in [-0.15, -0.1) is 0 Å². The molecule has 0 amide bonds. The van der Waals surface area contributed by atoms with Gasteiger partial charge in [-0.1, -0.05) is 13.0 Å². The van der Waals surface area contributed by atoms with Crippen LogP contribution >= 0.6 is 0 Å². The summed E-state index contributed by atoms with van der Waals surface area (Å²) >= 11 is 0. The zero-order valence-electron chi connectivity index (χ0n) is 13.2. The van der Waals surface area contributed by atoms with Crippen LogP contribution in [0, 0.1) is 0 Å². The Morgan fingerprint density at radius 2 is 2.05 bits per heavy atom. The minimum Gasteiger partial charge on any atom is -0.493 e. The van der Waals surface area contributed by atoms with Gasteiger partial charge in [0.1, 0.15) is 23.2 Å². The number of hydrogen-bond acceptors (Lipinski definition) is 5. The lowest BCUT2D eigenvalue weighted by atomic mass is 9.89. The van der Waals surface area contributed by atoms with Gasteiger partial charge >= 0.3 is 6.16 Å². The summed E-state index contributed by atoms with van der Waals surface area (Å²) in [5, 5.41) is 0. The van der Waals surface area contributed by atoms with E-state index in [0.717, 1.165) is 5.56 Å². The summed E-state index contributed by atoms with van der Waals surface area (Å²) in [5.74, 6) is 1.32. The normalized spacial score (nSPS) is 25.5. The Bertz CT molecular complexity index is 614. The van der Waals surface area contributed by atoms with Crippen molar-refractivity contribution in [3.8, 4) is 11.5 Å². The first-order chi connectivity index (χ1) is 10.3. The van der Waals surface area contributed by atoms with Gasteiger partial charge in [-0.2, -0.15) is 0 Å². The van der Waals surface area contributed by atoms with Crippen molar-refractivity contribution in [2.75, 3.05) is 0 Å². The molecule has 3 atom stereocenters. The number of rotatable bonds is 1. The highest BCUT2D eigenvalue weighted by Gasteiger charge is 2.38. The first-order valence-corrected chi connectivity index (χ1v) is 7.37. The SMILES string of the molecule is C[C@H]1c2ccc(OC(=O)OC(C)(C)C)cc2O[C@H]2C=CO[C@H]21. The quantitative estimate of drug-likeness (QED) is 0.584. The fourth-order valence-electron chi connectivity index (χ4n) is 2.66. The van der Waals surface area contributed by atoms with Crippen LogP contribution in [0.5, 0.6) is 11.5 Å². The summed E-state index contributed by atoms with van der Waals surface area (Å²) in [6.07, 6.45) is 2.75. The standard InChI is InChI=1S/C17H20O5/c1-10-12-6-5-11(20-16(18)22-17(2,3)4)9-14(12)21-13-7-8-19-15(10)13/h5-10,13,15H,1-4H3/t10-,13-,15-/m0/s1. The summed E-state index contributed by atoms with van der Waals surface area (Å²) in [4.78, 5) is 11.7. The van der Waals surface area contributed by atoms with Crippen LogP contribution < -0.4 is 9.47 Å². The molecule has 0 aromatic heterocycles. The number of fused-ring (bicyclic) bond motifs is 2. The molecule has 22 heavy (non-hydrogen) atoms. The highest BCUT2D eigenvalue weighted by molar-refractivity contribution is 5.65. The summed E-state index contributed by atoms with van der Waals surface area (Å²) in [7, 11) is 0. The van der Waals surface area contributed by atoms with Crippen molar-refractivity contribution < 1.29 is 23.7 Å². The second-order valence-corrected chi connectivity index (χ2v) is 6.57. The van der Waals surface area contributed by atoms with Crippen molar-refractivity contribution in [2.24, 2.45) is 0 Å². The highest BCUT2D eigenvalue weighted by Crippen LogP contribution is 2.41. The van der Waals surface area contributed by atoms with E-state index >= 15 is 0 Å². The van der Waals surface area contributed by atoms with Crippen molar-refractivity contribution >= 4 is 6.16 Å². The third-order valence-electron chi connectivity index (χ3n) is 3.65. The molecule has 0 saturated heterocycles. The van der Waals surface area contributed by atoms with Crippen molar-refractivity contribution in [1.29, 1.82) is 0 Å². The smallest absolute Gasteiger partial charge is 0.493 e. The lowest BCUT2D eigenvalue weighted by molar-refractivity contribution is 0.0202. The average molecular weight is 304 g/mol. The summed E-state index contributed by atoms with van der Waals surface area (Å²) in [5.41, 5.74) is 0.455. The number of benzene rings is 1. The maximum absolute atomic E-state index is 11.7. The fourth-order valence-corrected chi connectivity index (χ4v) is 2.66. The van der Waals surface area contributed by atoms with Gasteiger partial charge in [-0.25, -0.2) is 4.79 Å². The summed E-state index contributed by atoms with van der Waals surface area (Å²) in [6, 6.07) is 5.36. The number of hydrogen-bond donors (Lipinski definition) is 0. The fraction of sp³-hybridized carbons (Fsp3) is 0.471. The first-order valence-electron chi connectivity index (χ1n) is 7.37. The summed E-state index contributed by atoms with van der Waals surface area (Å²) in [6.45, 7) is 7.47. The molecule has 2 heterocycles. The summed E-state index contributed by atoms with van der Waals surface area (Å²) < 4.78 is 21.8. The lowest BCUT2D eigenvalue weighted by Crippen LogP contribution is -2.36.